The molecule has 2 heterocycles. The van der Waals surface area contributed by atoms with Gasteiger partial charge in [0.1, 0.15) is 17.1 Å². The highest BCUT2D eigenvalue weighted by atomic mass is 35.5. The molecule has 0 saturated heterocycles. The predicted molar refractivity (Wildman–Crippen MR) is 112 cm³/mol. The van der Waals surface area contributed by atoms with Crippen LogP contribution in [0.15, 0.2) is 24.4 Å². The fourth-order valence-corrected chi connectivity index (χ4v) is 3.37. The van der Waals surface area contributed by atoms with Crippen molar-refractivity contribution in [2.45, 2.75) is 13.0 Å². The average Bonchev–Trinajstić information content (AvgIpc) is 2.84. The minimum atomic E-state index is -0.115. The van der Waals surface area contributed by atoms with E-state index >= 15 is 0 Å². The van der Waals surface area contributed by atoms with Crippen molar-refractivity contribution in [3.63, 3.8) is 0 Å². The highest BCUT2D eigenvalue weighted by Gasteiger charge is 2.27. The van der Waals surface area contributed by atoms with Crippen molar-refractivity contribution in [3.05, 3.63) is 40.5 Å². The van der Waals surface area contributed by atoms with Crippen molar-refractivity contribution in [2.24, 2.45) is 0 Å². The standard InChI is InChI=1S/C20H26ClN5O3/c1-22-7-4-10-29-17-6-5-14(11-16(17)21)13-26-9-8-25(2)18-15(19(26)27)12-23-20(24-18)28-3/h5-6,11-12,22H,4,7-10,13H2,1-3H3. The summed E-state index contributed by atoms with van der Waals surface area (Å²) in [6, 6.07) is 5.89. The number of likely N-dealkylation sites (N-methyl/N-ethyl adjacent to an activating group) is 1. The van der Waals surface area contributed by atoms with Gasteiger partial charge in [-0.1, -0.05) is 17.7 Å². The lowest BCUT2D eigenvalue weighted by Crippen LogP contribution is -2.33. The Hall–Kier alpha value is -2.58. The topological polar surface area (TPSA) is 79.8 Å². The third kappa shape index (κ3) is 5.07. The van der Waals surface area contributed by atoms with Gasteiger partial charge < -0.3 is 24.6 Å². The molecule has 3 rings (SSSR count). The molecule has 29 heavy (non-hydrogen) atoms. The largest absolute Gasteiger partial charge is 0.492 e. The van der Waals surface area contributed by atoms with Crippen molar-refractivity contribution < 1.29 is 14.3 Å². The third-order valence-electron chi connectivity index (χ3n) is 4.71. The molecule has 9 heteroatoms. The molecule has 0 aliphatic carbocycles. The number of fused-ring (bicyclic) bond motifs is 1. The van der Waals surface area contributed by atoms with Gasteiger partial charge in [0.25, 0.3) is 5.91 Å². The molecule has 0 radical (unpaired) electrons. The van der Waals surface area contributed by atoms with Gasteiger partial charge in [-0.15, -0.1) is 0 Å². The van der Waals surface area contributed by atoms with Crippen LogP contribution in [0.25, 0.3) is 0 Å². The molecule has 8 nitrogen and oxygen atoms in total. The smallest absolute Gasteiger partial charge is 0.318 e. The highest BCUT2D eigenvalue weighted by Crippen LogP contribution is 2.28. The number of anilines is 1. The Bertz CT molecular complexity index is 864. The number of benzene rings is 1. The number of aromatic nitrogens is 2. The monoisotopic (exact) mass is 419 g/mol. The second-order valence-electron chi connectivity index (χ2n) is 6.81. The van der Waals surface area contributed by atoms with Crippen LogP contribution in [0, 0.1) is 0 Å². The van der Waals surface area contributed by atoms with Gasteiger partial charge >= 0.3 is 6.01 Å². The Balaban J connectivity index is 1.72. The van der Waals surface area contributed by atoms with Gasteiger partial charge in [-0.25, -0.2) is 4.98 Å². The van der Waals surface area contributed by atoms with Gasteiger partial charge in [-0.05, 0) is 37.7 Å². The van der Waals surface area contributed by atoms with Crippen LogP contribution in [-0.4, -0.2) is 68.2 Å². The summed E-state index contributed by atoms with van der Waals surface area (Å²) in [6.07, 6.45) is 2.42. The summed E-state index contributed by atoms with van der Waals surface area (Å²) in [7, 11) is 5.31. The van der Waals surface area contributed by atoms with Gasteiger partial charge in [0, 0.05) is 32.9 Å². The fourth-order valence-electron chi connectivity index (χ4n) is 3.11. The summed E-state index contributed by atoms with van der Waals surface area (Å²) in [6.45, 7) is 3.14. The summed E-state index contributed by atoms with van der Waals surface area (Å²) in [5, 5.41) is 3.62. The van der Waals surface area contributed by atoms with E-state index in [2.05, 4.69) is 15.3 Å². The number of hydrogen-bond donors (Lipinski definition) is 1. The summed E-state index contributed by atoms with van der Waals surface area (Å²) in [4.78, 5) is 25.2. The molecule has 1 aromatic heterocycles. The first-order valence-electron chi connectivity index (χ1n) is 9.50. The fraction of sp³-hybridized carbons (Fsp3) is 0.450. The molecule has 1 aliphatic heterocycles. The number of carbonyl (C=O) groups is 1. The molecule has 0 atom stereocenters. The van der Waals surface area contributed by atoms with Crippen LogP contribution in [-0.2, 0) is 6.54 Å². The van der Waals surface area contributed by atoms with Crippen molar-refractivity contribution in [2.75, 3.05) is 52.3 Å². The zero-order valence-corrected chi connectivity index (χ0v) is 17.7. The second-order valence-corrected chi connectivity index (χ2v) is 7.22. The first kappa shape index (κ1) is 21.1. The van der Waals surface area contributed by atoms with Gasteiger partial charge in [-0.3, -0.25) is 4.79 Å². The van der Waals surface area contributed by atoms with Crippen molar-refractivity contribution >= 4 is 23.3 Å². The van der Waals surface area contributed by atoms with Gasteiger partial charge in [0.15, 0.2) is 0 Å². The predicted octanol–water partition coefficient (Wildman–Crippen LogP) is 2.22. The van der Waals surface area contributed by atoms with Crippen molar-refractivity contribution in [1.29, 1.82) is 0 Å². The lowest BCUT2D eigenvalue weighted by molar-refractivity contribution is 0.0754. The molecule has 1 N–H and O–H groups in total. The second kappa shape index (κ2) is 9.76. The number of halogens is 1. The van der Waals surface area contributed by atoms with Crippen molar-refractivity contribution in [1.82, 2.24) is 20.2 Å². The lowest BCUT2D eigenvalue weighted by atomic mass is 10.2. The quantitative estimate of drug-likeness (QED) is 0.657. The number of nitrogens with zero attached hydrogens (tertiary/aromatic N) is 4. The van der Waals surface area contributed by atoms with Crippen LogP contribution < -0.4 is 19.7 Å². The Morgan fingerprint density at radius 3 is 2.86 bits per heavy atom. The van der Waals surface area contributed by atoms with E-state index in [9.17, 15) is 4.79 Å². The van der Waals surface area contributed by atoms with Crippen LogP contribution in [0.3, 0.4) is 0 Å². The molecule has 1 amide bonds. The molecular formula is C20H26ClN5O3. The number of ether oxygens (including phenoxy) is 2. The van der Waals surface area contributed by atoms with E-state index < -0.39 is 0 Å². The van der Waals surface area contributed by atoms with E-state index in [1.807, 2.05) is 37.2 Å². The molecule has 156 valence electrons. The molecule has 1 aromatic carbocycles. The molecule has 0 fully saturated rings. The van der Waals surface area contributed by atoms with Gasteiger partial charge in [0.2, 0.25) is 0 Å². The number of carbonyl (C=O) groups excluding carboxylic acids is 1. The number of amides is 1. The molecule has 0 spiro atoms. The maximum atomic E-state index is 13.1. The summed E-state index contributed by atoms with van der Waals surface area (Å²) < 4.78 is 10.8. The minimum Gasteiger partial charge on any atom is -0.492 e. The van der Waals surface area contributed by atoms with E-state index in [4.69, 9.17) is 21.1 Å². The Kier molecular flexibility index (Phi) is 7.11. The number of hydrogen-bond acceptors (Lipinski definition) is 7. The van der Waals surface area contributed by atoms with Crippen LogP contribution in [0.5, 0.6) is 11.8 Å². The molecule has 2 aromatic rings. The van der Waals surface area contributed by atoms with E-state index in [1.54, 1.807) is 4.90 Å². The van der Waals surface area contributed by atoms with E-state index in [0.29, 0.717) is 48.4 Å². The first-order chi connectivity index (χ1) is 14.0. The van der Waals surface area contributed by atoms with Crippen LogP contribution >= 0.6 is 11.6 Å². The number of rotatable bonds is 8. The maximum absolute atomic E-state index is 13.1. The maximum Gasteiger partial charge on any atom is 0.318 e. The summed E-state index contributed by atoms with van der Waals surface area (Å²) in [5.41, 5.74) is 1.40. The van der Waals surface area contributed by atoms with E-state index in [0.717, 1.165) is 18.5 Å². The van der Waals surface area contributed by atoms with E-state index in [1.165, 1.54) is 13.3 Å². The molecular weight excluding hydrogens is 394 g/mol. The lowest BCUT2D eigenvalue weighted by Gasteiger charge is -2.21. The Labute approximate surface area is 175 Å². The van der Waals surface area contributed by atoms with Gasteiger partial charge in [0.05, 0.1) is 18.7 Å². The number of nitrogens with one attached hydrogen (secondary N) is 1. The van der Waals surface area contributed by atoms with Crippen molar-refractivity contribution in [3.8, 4) is 11.8 Å². The Morgan fingerprint density at radius 2 is 2.14 bits per heavy atom. The first-order valence-corrected chi connectivity index (χ1v) is 9.88. The molecule has 0 bridgehead atoms. The zero-order valence-electron chi connectivity index (χ0n) is 16.9. The van der Waals surface area contributed by atoms with E-state index in [-0.39, 0.29) is 11.9 Å². The van der Waals surface area contributed by atoms with Gasteiger partial charge in [-0.2, -0.15) is 4.98 Å². The van der Waals surface area contributed by atoms with Crippen LogP contribution in [0.2, 0.25) is 5.02 Å². The Morgan fingerprint density at radius 1 is 1.31 bits per heavy atom. The number of methoxy groups -OCH3 is 1. The highest BCUT2D eigenvalue weighted by molar-refractivity contribution is 6.32. The SMILES string of the molecule is CNCCCOc1ccc(CN2CCN(C)c3nc(OC)ncc3C2=O)cc1Cl. The third-order valence-corrected chi connectivity index (χ3v) is 5.01. The normalized spacial score (nSPS) is 13.9. The van der Waals surface area contributed by atoms with Crippen LogP contribution in [0.4, 0.5) is 5.82 Å². The molecule has 0 saturated carbocycles. The average molecular weight is 420 g/mol. The molecule has 1 aliphatic rings. The van der Waals surface area contributed by atoms with Crippen LogP contribution in [0.1, 0.15) is 22.3 Å². The zero-order chi connectivity index (χ0) is 20.8. The minimum absolute atomic E-state index is 0.115. The summed E-state index contributed by atoms with van der Waals surface area (Å²) in [5.74, 6) is 1.11. The molecule has 0 unspecified atom stereocenters. The summed E-state index contributed by atoms with van der Waals surface area (Å²) >= 11 is 6.38.